The topological polar surface area (TPSA) is 76.9 Å². The molecular formula is C23H29F3N6. The van der Waals surface area contributed by atoms with Gasteiger partial charge in [0.05, 0.1) is 47.5 Å². The van der Waals surface area contributed by atoms with Crippen LogP contribution in [-0.4, -0.2) is 27.7 Å². The number of hydrazine groups is 1. The minimum atomic E-state index is -4.39. The van der Waals surface area contributed by atoms with E-state index in [0.29, 0.717) is 18.3 Å². The summed E-state index contributed by atoms with van der Waals surface area (Å²) < 4.78 is 39.0. The Labute approximate surface area is 186 Å². The molecule has 0 aromatic carbocycles. The van der Waals surface area contributed by atoms with E-state index in [0.717, 1.165) is 55.7 Å². The van der Waals surface area contributed by atoms with Gasteiger partial charge in [-0.05, 0) is 70.7 Å². The molecule has 0 amide bonds. The van der Waals surface area contributed by atoms with Crippen molar-refractivity contribution >= 4 is 11.4 Å². The number of aryl methyl sites for hydroxylation is 1. The molecule has 9 heteroatoms. The maximum absolute atomic E-state index is 13.0. The van der Waals surface area contributed by atoms with Crippen LogP contribution in [-0.2, 0) is 6.54 Å². The number of alkyl halides is 3. The third kappa shape index (κ3) is 5.30. The SMILES string of the molecule is Cc1cnc(C(C)C#N)c(N(Cc2ccc(NNC(C)(C)C(F)(F)F)cn2)C2CCC2)c1. The lowest BCUT2D eigenvalue weighted by Gasteiger charge is -2.40. The fourth-order valence-corrected chi connectivity index (χ4v) is 3.36. The van der Waals surface area contributed by atoms with Crippen molar-refractivity contribution < 1.29 is 13.2 Å². The molecule has 1 unspecified atom stereocenters. The predicted octanol–water partition coefficient (Wildman–Crippen LogP) is 5.23. The van der Waals surface area contributed by atoms with Gasteiger partial charge in [0.2, 0.25) is 0 Å². The molecule has 32 heavy (non-hydrogen) atoms. The Hall–Kier alpha value is -2.86. The van der Waals surface area contributed by atoms with E-state index in [1.54, 1.807) is 18.3 Å². The van der Waals surface area contributed by atoms with Crippen LogP contribution >= 0.6 is 0 Å². The van der Waals surface area contributed by atoms with Crippen LogP contribution in [0, 0.1) is 18.3 Å². The van der Waals surface area contributed by atoms with Gasteiger partial charge in [-0.3, -0.25) is 9.97 Å². The second-order valence-corrected chi connectivity index (χ2v) is 8.89. The number of hydrogen-bond donors (Lipinski definition) is 2. The average Bonchev–Trinajstić information content (AvgIpc) is 2.70. The molecule has 2 N–H and O–H groups in total. The van der Waals surface area contributed by atoms with Crippen molar-refractivity contribution in [3.05, 3.63) is 47.5 Å². The van der Waals surface area contributed by atoms with Gasteiger partial charge in [0, 0.05) is 12.2 Å². The highest BCUT2D eigenvalue weighted by Gasteiger charge is 2.47. The van der Waals surface area contributed by atoms with E-state index in [9.17, 15) is 18.4 Å². The maximum atomic E-state index is 13.0. The van der Waals surface area contributed by atoms with Gasteiger partial charge < -0.3 is 10.3 Å². The van der Waals surface area contributed by atoms with Gasteiger partial charge in [-0.25, -0.2) is 5.43 Å². The van der Waals surface area contributed by atoms with Gasteiger partial charge in [-0.2, -0.15) is 18.4 Å². The van der Waals surface area contributed by atoms with Gasteiger partial charge in [0.15, 0.2) is 0 Å². The molecule has 0 saturated heterocycles. The van der Waals surface area contributed by atoms with E-state index < -0.39 is 11.7 Å². The minimum Gasteiger partial charge on any atom is -0.361 e. The van der Waals surface area contributed by atoms with Crippen LogP contribution in [0.4, 0.5) is 24.5 Å². The monoisotopic (exact) mass is 446 g/mol. The molecule has 6 nitrogen and oxygen atoms in total. The molecule has 0 radical (unpaired) electrons. The fourth-order valence-electron chi connectivity index (χ4n) is 3.36. The zero-order valence-electron chi connectivity index (χ0n) is 18.8. The van der Waals surface area contributed by atoms with E-state index in [4.69, 9.17) is 0 Å². The number of hydrogen-bond acceptors (Lipinski definition) is 6. The summed E-state index contributed by atoms with van der Waals surface area (Å²) in [6.45, 7) is 6.48. The van der Waals surface area contributed by atoms with Crippen LogP contribution in [0.15, 0.2) is 30.6 Å². The second-order valence-electron chi connectivity index (χ2n) is 8.89. The third-order valence-electron chi connectivity index (χ3n) is 5.85. The van der Waals surface area contributed by atoms with Crippen molar-refractivity contribution in [2.24, 2.45) is 0 Å². The number of aromatic nitrogens is 2. The number of nitriles is 1. The lowest BCUT2D eigenvalue weighted by Crippen LogP contribution is -2.54. The van der Waals surface area contributed by atoms with Crippen molar-refractivity contribution in [2.75, 3.05) is 10.3 Å². The van der Waals surface area contributed by atoms with Crippen molar-refractivity contribution in [3.63, 3.8) is 0 Å². The summed E-state index contributed by atoms with van der Waals surface area (Å²) >= 11 is 0. The van der Waals surface area contributed by atoms with Crippen LogP contribution in [0.2, 0.25) is 0 Å². The molecule has 2 aromatic rings. The van der Waals surface area contributed by atoms with Crippen molar-refractivity contribution in [2.45, 2.75) is 77.2 Å². The summed E-state index contributed by atoms with van der Waals surface area (Å²) in [6.07, 6.45) is 2.17. The molecule has 1 saturated carbocycles. The highest BCUT2D eigenvalue weighted by Crippen LogP contribution is 2.35. The van der Waals surface area contributed by atoms with Gasteiger partial charge >= 0.3 is 6.18 Å². The number of halogens is 3. The van der Waals surface area contributed by atoms with E-state index >= 15 is 0 Å². The van der Waals surface area contributed by atoms with Crippen LogP contribution in [0.5, 0.6) is 0 Å². The molecule has 172 valence electrons. The Kier molecular flexibility index (Phi) is 6.94. The molecule has 1 aliphatic carbocycles. The standard InChI is InChI=1S/C23H29F3N6/c1-15-10-20(21(29-12-15)16(2)11-27)32(19-6-5-7-19)14-18-9-8-17(13-28-18)30-31-22(3,4)23(24,25)26/h8-10,12-13,16,19,30-31H,5-7,14H2,1-4H3. The fraction of sp³-hybridized carbons (Fsp3) is 0.522. The highest BCUT2D eigenvalue weighted by atomic mass is 19.4. The molecule has 0 aliphatic heterocycles. The summed E-state index contributed by atoms with van der Waals surface area (Å²) in [4.78, 5) is 11.2. The first-order valence-electron chi connectivity index (χ1n) is 10.7. The van der Waals surface area contributed by atoms with Crippen LogP contribution in [0.3, 0.4) is 0 Å². The third-order valence-corrected chi connectivity index (χ3v) is 5.85. The molecule has 2 aromatic heterocycles. The zero-order chi connectivity index (χ0) is 23.5. The van der Waals surface area contributed by atoms with E-state index in [1.165, 1.54) is 6.20 Å². The lowest BCUT2D eigenvalue weighted by molar-refractivity contribution is -0.184. The number of rotatable bonds is 8. The lowest BCUT2D eigenvalue weighted by atomic mass is 9.90. The molecule has 1 fully saturated rings. The number of nitrogens with zero attached hydrogens (tertiary/aromatic N) is 4. The number of pyridine rings is 2. The first-order valence-corrected chi connectivity index (χ1v) is 10.7. The Morgan fingerprint density at radius 1 is 1.22 bits per heavy atom. The van der Waals surface area contributed by atoms with E-state index in [1.807, 2.05) is 13.8 Å². The summed E-state index contributed by atoms with van der Waals surface area (Å²) in [5.41, 5.74) is 6.76. The number of anilines is 2. The van der Waals surface area contributed by atoms with Crippen LogP contribution in [0.1, 0.15) is 62.9 Å². The minimum absolute atomic E-state index is 0.337. The first kappa shape index (κ1) is 23.8. The van der Waals surface area contributed by atoms with Crippen molar-refractivity contribution in [3.8, 4) is 6.07 Å². The maximum Gasteiger partial charge on any atom is 0.407 e. The Balaban J connectivity index is 1.78. The highest BCUT2D eigenvalue weighted by molar-refractivity contribution is 5.56. The predicted molar refractivity (Wildman–Crippen MR) is 118 cm³/mol. The van der Waals surface area contributed by atoms with Gasteiger partial charge in [0.25, 0.3) is 0 Å². The molecule has 1 atom stereocenters. The Morgan fingerprint density at radius 3 is 2.47 bits per heavy atom. The Bertz CT molecular complexity index is 961. The normalized spacial score (nSPS) is 15.6. The van der Waals surface area contributed by atoms with Gasteiger partial charge in [-0.15, -0.1) is 0 Å². The average molecular weight is 447 g/mol. The summed E-state index contributed by atoms with van der Waals surface area (Å²) in [7, 11) is 0. The first-order chi connectivity index (χ1) is 15.0. The van der Waals surface area contributed by atoms with E-state index in [2.05, 4.69) is 37.9 Å². The quantitative estimate of drug-likeness (QED) is 0.541. The zero-order valence-corrected chi connectivity index (χ0v) is 18.8. The summed E-state index contributed by atoms with van der Waals surface area (Å²) in [5.74, 6) is -0.337. The van der Waals surface area contributed by atoms with Crippen molar-refractivity contribution in [1.29, 1.82) is 5.26 Å². The second kappa shape index (κ2) is 9.33. The molecule has 3 rings (SSSR count). The molecule has 2 heterocycles. The molecular weight excluding hydrogens is 417 g/mol. The number of nitrogens with one attached hydrogen (secondary N) is 2. The van der Waals surface area contributed by atoms with Crippen LogP contribution < -0.4 is 15.8 Å². The summed E-state index contributed by atoms with van der Waals surface area (Å²) in [6, 6.07) is 8.19. The van der Waals surface area contributed by atoms with Crippen molar-refractivity contribution in [1.82, 2.24) is 15.4 Å². The van der Waals surface area contributed by atoms with Crippen LogP contribution in [0.25, 0.3) is 0 Å². The molecule has 1 aliphatic rings. The molecule has 0 spiro atoms. The smallest absolute Gasteiger partial charge is 0.361 e. The van der Waals surface area contributed by atoms with Gasteiger partial charge in [-0.1, -0.05) is 0 Å². The van der Waals surface area contributed by atoms with Gasteiger partial charge in [0.1, 0.15) is 5.54 Å². The molecule has 0 bridgehead atoms. The summed E-state index contributed by atoms with van der Waals surface area (Å²) in [5, 5.41) is 9.45. The Morgan fingerprint density at radius 2 is 1.94 bits per heavy atom. The van der Waals surface area contributed by atoms with E-state index in [-0.39, 0.29) is 5.92 Å². The largest absolute Gasteiger partial charge is 0.407 e.